The molecule has 2 unspecified atom stereocenters. The van der Waals surface area contributed by atoms with Crippen molar-refractivity contribution in [2.45, 2.75) is 60.3 Å². The van der Waals surface area contributed by atoms with E-state index in [0.29, 0.717) is 5.92 Å². The maximum absolute atomic E-state index is 2.44. The molecule has 104 valence electrons. The molecule has 1 aliphatic carbocycles. The molecule has 2 rings (SSSR count). The average molecular weight is 256 g/mol. The number of fused-ring (bicyclic) bond motifs is 1. The second kappa shape index (κ2) is 5.53. The number of hydrogen-bond acceptors (Lipinski definition) is 0. The zero-order valence-corrected chi connectivity index (χ0v) is 13.4. The van der Waals surface area contributed by atoms with E-state index in [0.717, 1.165) is 11.8 Å². The van der Waals surface area contributed by atoms with Crippen LogP contribution in [0.2, 0.25) is 0 Å². The van der Waals surface area contributed by atoms with Gasteiger partial charge in [0, 0.05) is 5.92 Å². The van der Waals surface area contributed by atoms with Gasteiger partial charge in [-0.15, -0.1) is 0 Å². The van der Waals surface area contributed by atoms with Gasteiger partial charge < -0.3 is 0 Å². The van der Waals surface area contributed by atoms with Crippen molar-refractivity contribution in [3.63, 3.8) is 0 Å². The van der Waals surface area contributed by atoms with Gasteiger partial charge in [-0.1, -0.05) is 51.5 Å². The average Bonchev–Trinajstić information content (AvgIpc) is 2.61. The van der Waals surface area contributed by atoms with Gasteiger partial charge in [-0.25, -0.2) is 0 Å². The molecule has 0 heteroatoms. The molecule has 0 amide bonds. The Morgan fingerprint density at radius 1 is 1.11 bits per heavy atom. The Labute approximate surface area is 118 Å². The summed E-state index contributed by atoms with van der Waals surface area (Å²) in [7, 11) is 0. The molecule has 0 saturated heterocycles. The van der Waals surface area contributed by atoms with Crippen LogP contribution in [-0.2, 0) is 6.42 Å². The fraction of sp³-hybridized carbons (Fsp3) is 0.579. The topological polar surface area (TPSA) is 0 Å². The third kappa shape index (κ3) is 2.78. The highest BCUT2D eigenvalue weighted by molar-refractivity contribution is 5.76. The number of hydrogen-bond donors (Lipinski definition) is 0. The van der Waals surface area contributed by atoms with Gasteiger partial charge in [-0.05, 0) is 60.8 Å². The second-order valence-corrected chi connectivity index (χ2v) is 6.71. The molecule has 0 nitrogen and oxygen atoms in total. The monoisotopic (exact) mass is 256 g/mol. The molecule has 0 aliphatic heterocycles. The summed E-state index contributed by atoms with van der Waals surface area (Å²) in [6.45, 7) is 13.9. The number of aryl methyl sites for hydroxylation is 1. The van der Waals surface area contributed by atoms with E-state index in [1.807, 2.05) is 0 Å². The van der Waals surface area contributed by atoms with E-state index in [2.05, 4.69) is 59.7 Å². The maximum Gasteiger partial charge on any atom is 0.00290 e. The normalized spacial score (nSPS) is 20.1. The van der Waals surface area contributed by atoms with E-state index in [9.17, 15) is 0 Å². The third-order valence-electron chi connectivity index (χ3n) is 5.26. The second-order valence-electron chi connectivity index (χ2n) is 6.71. The SMILES string of the molecule is CC1=C(C)C(C)c2ccc(CCC(C)C(C)C)cc21. The van der Waals surface area contributed by atoms with E-state index in [1.54, 1.807) is 5.57 Å². The highest BCUT2D eigenvalue weighted by atomic mass is 14.3. The molecular weight excluding hydrogens is 228 g/mol. The van der Waals surface area contributed by atoms with E-state index >= 15 is 0 Å². The molecule has 0 heterocycles. The fourth-order valence-corrected chi connectivity index (χ4v) is 2.96. The van der Waals surface area contributed by atoms with Gasteiger partial charge in [0.05, 0.1) is 0 Å². The Hall–Kier alpha value is -1.04. The Balaban J connectivity index is 2.15. The standard InChI is InChI=1S/C19H28/c1-12(2)13(3)7-8-17-9-10-18-15(5)14(4)16(6)19(18)11-17/h9-13,15H,7-8H2,1-6H3. The number of rotatable bonds is 4. The van der Waals surface area contributed by atoms with Crippen LogP contribution in [-0.4, -0.2) is 0 Å². The van der Waals surface area contributed by atoms with Crippen LogP contribution in [0.3, 0.4) is 0 Å². The van der Waals surface area contributed by atoms with Crippen molar-refractivity contribution in [2.24, 2.45) is 11.8 Å². The summed E-state index contributed by atoms with van der Waals surface area (Å²) in [5.41, 5.74) is 7.58. The van der Waals surface area contributed by atoms with Gasteiger partial charge in [-0.3, -0.25) is 0 Å². The molecule has 0 radical (unpaired) electrons. The zero-order chi connectivity index (χ0) is 14.2. The van der Waals surface area contributed by atoms with Crippen molar-refractivity contribution >= 4 is 5.57 Å². The van der Waals surface area contributed by atoms with Crippen molar-refractivity contribution in [1.82, 2.24) is 0 Å². The molecule has 2 atom stereocenters. The van der Waals surface area contributed by atoms with Crippen LogP contribution in [0.15, 0.2) is 23.8 Å². The first kappa shape index (κ1) is 14.4. The molecule has 0 fully saturated rings. The first-order chi connectivity index (χ1) is 8.91. The summed E-state index contributed by atoms with van der Waals surface area (Å²) in [5, 5.41) is 0. The smallest absolute Gasteiger partial charge is 0.00290 e. The lowest BCUT2D eigenvalue weighted by molar-refractivity contribution is 0.393. The Morgan fingerprint density at radius 2 is 1.79 bits per heavy atom. The van der Waals surface area contributed by atoms with E-state index in [1.165, 1.54) is 35.1 Å². The minimum Gasteiger partial charge on any atom is -0.0626 e. The van der Waals surface area contributed by atoms with Crippen molar-refractivity contribution in [1.29, 1.82) is 0 Å². The third-order valence-corrected chi connectivity index (χ3v) is 5.26. The predicted octanol–water partition coefficient (Wildman–Crippen LogP) is 5.82. The van der Waals surface area contributed by atoms with Gasteiger partial charge >= 0.3 is 0 Å². The van der Waals surface area contributed by atoms with Crippen LogP contribution in [0.5, 0.6) is 0 Å². The van der Waals surface area contributed by atoms with E-state index < -0.39 is 0 Å². The molecular formula is C19H28. The van der Waals surface area contributed by atoms with Gasteiger partial charge in [-0.2, -0.15) is 0 Å². The van der Waals surface area contributed by atoms with Gasteiger partial charge in [0.15, 0.2) is 0 Å². The summed E-state index contributed by atoms with van der Waals surface area (Å²) in [5.74, 6) is 2.21. The summed E-state index contributed by atoms with van der Waals surface area (Å²) >= 11 is 0. The van der Waals surface area contributed by atoms with Crippen LogP contribution in [0.4, 0.5) is 0 Å². The number of allylic oxidation sites excluding steroid dienone is 2. The van der Waals surface area contributed by atoms with Gasteiger partial charge in [0.1, 0.15) is 0 Å². The Bertz CT molecular complexity index is 491. The first-order valence-corrected chi connectivity index (χ1v) is 7.72. The summed E-state index contributed by atoms with van der Waals surface area (Å²) in [4.78, 5) is 0. The molecule has 1 aromatic rings. The summed E-state index contributed by atoms with van der Waals surface area (Å²) in [6, 6.07) is 7.13. The predicted molar refractivity (Wildman–Crippen MR) is 85.4 cm³/mol. The quantitative estimate of drug-likeness (QED) is 0.636. The van der Waals surface area contributed by atoms with E-state index in [4.69, 9.17) is 0 Å². The van der Waals surface area contributed by atoms with Gasteiger partial charge in [0.25, 0.3) is 0 Å². The zero-order valence-electron chi connectivity index (χ0n) is 13.4. The first-order valence-electron chi connectivity index (χ1n) is 7.72. The van der Waals surface area contributed by atoms with E-state index in [-0.39, 0.29) is 0 Å². The minimum absolute atomic E-state index is 0.610. The van der Waals surface area contributed by atoms with Crippen molar-refractivity contribution in [2.75, 3.05) is 0 Å². The van der Waals surface area contributed by atoms with Crippen molar-refractivity contribution in [3.05, 3.63) is 40.5 Å². The Morgan fingerprint density at radius 3 is 2.42 bits per heavy atom. The van der Waals surface area contributed by atoms with Crippen LogP contribution < -0.4 is 0 Å². The summed E-state index contributed by atoms with van der Waals surface area (Å²) in [6.07, 6.45) is 2.51. The molecule has 0 spiro atoms. The molecule has 1 aliphatic rings. The van der Waals surface area contributed by atoms with Crippen molar-refractivity contribution in [3.8, 4) is 0 Å². The molecule has 0 N–H and O–H groups in total. The molecule has 1 aromatic carbocycles. The number of benzene rings is 1. The lowest BCUT2D eigenvalue weighted by Gasteiger charge is -2.15. The van der Waals surface area contributed by atoms with Crippen LogP contribution in [0, 0.1) is 11.8 Å². The molecule has 0 bridgehead atoms. The van der Waals surface area contributed by atoms with Crippen molar-refractivity contribution < 1.29 is 0 Å². The summed E-state index contributed by atoms with van der Waals surface area (Å²) < 4.78 is 0. The van der Waals surface area contributed by atoms with Crippen LogP contribution in [0.25, 0.3) is 5.57 Å². The van der Waals surface area contributed by atoms with Crippen LogP contribution >= 0.6 is 0 Å². The highest BCUT2D eigenvalue weighted by Gasteiger charge is 2.22. The molecule has 0 aromatic heterocycles. The minimum atomic E-state index is 0.610. The lowest BCUT2D eigenvalue weighted by Crippen LogP contribution is -2.05. The van der Waals surface area contributed by atoms with Crippen LogP contribution in [0.1, 0.15) is 70.6 Å². The highest BCUT2D eigenvalue weighted by Crippen LogP contribution is 2.41. The maximum atomic E-state index is 2.44. The Kier molecular flexibility index (Phi) is 4.18. The fourth-order valence-electron chi connectivity index (χ4n) is 2.96. The van der Waals surface area contributed by atoms with Gasteiger partial charge in [0.2, 0.25) is 0 Å². The lowest BCUT2D eigenvalue weighted by atomic mass is 9.90. The molecule has 19 heavy (non-hydrogen) atoms. The molecule has 0 saturated carbocycles. The largest absolute Gasteiger partial charge is 0.0626 e.